The van der Waals surface area contributed by atoms with E-state index in [9.17, 15) is 24.1 Å². The number of aromatic nitrogens is 3. The minimum absolute atomic E-state index is 0.184. The van der Waals surface area contributed by atoms with E-state index in [1.807, 2.05) is 4.98 Å². The van der Waals surface area contributed by atoms with Crippen molar-refractivity contribution in [3.05, 3.63) is 62.8 Å². The van der Waals surface area contributed by atoms with Crippen molar-refractivity contribution in [3.63, 3.8) is 0 Å². The second-order valence-corrected chi connectivity index (χ2v) is 12.2. The smallest absolute Gasteiger partial charge is 0.459 e. The molecule has 1 saturated heterocycles. The van der Waals surface area contributed by atoms with Gasteiger partial charge in [-0.3, -0.25) is 23.7 Å². The van der Waals surface area contributed by atoms with Crippen molar-refractivity contribution in [1.82, 2.24) is 19.2 Å². The van der Waals surface area contributed by atoms with Crippen LogP contribution in [0.3, 0.4) is 0 Å². The summed E-state index contributed by atoms with van der Waals surface area (Å²) in [5.74, 6) is -2.11. The first-order valence-electron chi connectivity index (χ1n) is 13.0. The zero-order valence-corrected chi connectivity index (χ0v) is 24.7. The van der Waals surface area contributed by atoms with Gasteiger partial charge in [0.2, 0.25) is 0 Å². The fourth-order valence-corrected chi connectivity index (χ4v) is 6.04. The molecule has 1 aliphatic rings. The van der Waals surface area contributed by atoms with Crippen LogP contribution in [0.25, 0.3) is 10.9 Å². The molecule has 0 spiro atoms. The third-order valence-electron chi connectivity index (χ3n) is 6.87. The van der Waals surface area contributed by atoms with Crippen molar-refractivity contribution in [2.24, 2.45) is 7.05 Å². The van der Waals surface area contributed by atoms with Crippen LogP contribution in [0, 0.1) is 12.7 Å². The number of esters is 1. The average molecular weight is 615 g/mol. The van der Waals surface area contributed by atoms with Gasteiger partial charge in [0.05, 0.1) is 18.2 Å². The van der Waals surface area contributed by atoms with Crippen LogP contribution in [-0.2, 0) is 30.4 Å². The fourth-order valence-electron chi connectivity index (χ4n) is 4.54. The number of carbonyl (C=O) groups excluding carboxylic acids is 1. The highest BCUT2D eigenvalue weighted by Crippen LogP contribution is 2.48. The summed E-state index contributed by atoms with van der Waals surface area (Å²) in [7, 11) is -2.92. The van der Waals surface area contributed by atoms with Crippen LogP contribution in [0.2, 0.25) is 0 Å². The Morgan fingerprint density at radius 2 is 1.98 bits per heavy atom. The first kappa shape index (κ1) is 31.6. The summed E-state index contributed by atoms with van der Waals surface area (Å²) in [6.45, 7) is 6.52. The van der Waals surface area contributed by atoms with Crippen LogP contribution < -0.4 is 20.9 Å². The molecule has 13 nitrogen and oxygen atoms in total. The number of nitrogens with zero attached hydrogens (tertiary/aromatic N) is 2. The number of benzene rings is 1. The number of fused-ring (bicyclic) bond motifs is 1. The standard InChI is InChI=1S/C26H33F2N4O9P/c1-13(2)39-23(35)15(4)30-42(37,41-18-8-7-17-16(21(18)27)11-14(3)31(17)6)38-12-19-22(34)26(5,28)24(40-19)32-10-9-20(33)29-25(32)36/h7-11,13,15,19,22,24,34H,12H2,1-6H3,(H,30,37)(H,29,33,36)/t15-,19+,22+,24+,26?,42?/m0/s1. The Balaban J connectivity index is 1.62. The number of hydrogen-bond donors (Lipinski definition) is 3. The van der Waals surface area contributed by atoms with E-state index in [-0.39, 0.29) is 5.39 Å². The molecule has 6 atom stereocenters. The van der Waals surface area contributed by atoms with E-state index in [1.165, 1.54) is 13.0 Å². The molecule has 4 rings (SSSR count). The summed E-state index contributed by atoms with van der Waals surface area (Å²) in [4.78, 5) is 38.1. The Labute approximate surface area is 238 Å². The van der Waals surface area contributed by atoms with Gasteiger partial charge in [-0.2, -0.15) is 5.09 Å². The van der Waals surface area contributed by atoms with E-state index in [1.54, 1.807) is 44.5 Å². The fraction of sp³-hybridized carbons (Fsp3) is 0.500. The predicted molar refractivity (Wildman–Crippen MR) is 146 cm³/mol. The number of H-pyrrole nitrogens is 1. The molecule has 1 aliphatic heterocycles. The number of ether oxygens (including phenoxy) is 2. The minimum atomic E-state index is -4.66. The molecule has 0 aliphatic carbocycles. The van der Waals surface area contributed by atoms with E-state index in [2.05, 4.69) is 5.09 Å². The van der Waals surface area contributed by atoms with Crippen molar-refractivity contribution in [1.29, 1.82) is 0 Å². The Morgan fingerprint density at radius 3 is 2.62 bits per heavy atom. The maximum Gasteiger partial charge on any atom is 0.459 e. The normalized spacial score (nSPS) is 24.6. The largest absolute Gasteiger partial charge is 0.462 e. The zero-order chi connectivity index (χ0) is 31.1. The molecule has 0 saturated carbocycles. The number of hydrogen-bond acceptors (Lipinski definition) is 9. The van der Waals surface area contributed by atoms with Crippen molar-refractivity contribution in [3.8, 4) is 5.75 Å². The minimum Gasteiger partial charge on any atom is -0.462 e. The number of aliphatic hydroxyl groups excluding tert-OH is 1. The molecule has 0 bridgehead atoms. The molecule has 3 N–H and O–H groups in total. The number of aryl methyl sites for hydroxylation is 2. The summed E-state index contributed by atoms with van der Waals surface area (Å²) >= 11 is 0. The van der Waals surface area contributed by atoms with E-state index < -0.39 is 79.4 Å². The van der Waals surface area contributed by atoms with Gasteiger partial charge >= 0.3 is 19.4 Å². The molecule has 2 unspecified atom stereocenters. The Kier molecular flexibility index (Phi) is 8.82. The number of nitrogens with one attached hydrogen (secondary N) is 2. The summed E-state index contributed by atoms with van der Waals surface area (Å²) in [5.41, 5.74) is -2.98. The van der Waals surface area contributed by atoms with Gasteiger partial charge in [0.25, 0.3) is 5.56 Å². The molecule has 1 aromatic carbocycles. The van der Waals surface area contributed by atoms with Crippen molar-refractivity contribution < 1.29 is 41.8 Å². The van der Waals surface area contributed by atoms with E-state index in [0.29, 0.717) is 5.52 Å². The lowest BCUT2D eigenvalue weighted by Crippen LogP contribution is -2.43. The summed E-state index contributed by atoms with van der Waals surface area (Å²) in [5, 5.41) is 13.3. The highest BCUT2D eigenvalue weighted by atomic mass is 31.2. The van der Waals surface area contributed by atoms with Gasteiger partial charge in [-0.25, -0.2) is 18.1 Å². The van der Waals surface area contributed by atoms with Gasteiger partial charge in [0.1, 0.15) is 18.2 Å². The Bertz CT molecular complexity index is 1650. The number of aromatic amines is 1. The molecule has 230 valence electrons. The monoisotopic (exact) mass is 614 g/mol. The summed E-state index contributed by atoms with van der Waals surface area (Å²) < 4.78 is 69.2. The van der Waals surface area contributed by atoms with Crippen molar-refractivity contribution in [2.45, 2.75) is 70.9 Å². The van der Waals surface area contributed by atoms with Gasteiger partial charge in [-0.05, 0) is 52.8 Å². The number of halogens is 2. The first-order chi connectivity index (χ1) is 19.5. The van der Waals surface area contributed by atoms with Gasteiger partial charge in [-0.15, -0.1) is 0 Å². The van der Waals surface area contributed by atoms with Crippen LogP contribution in [0.15, 0.2) is 40.1 Å². The SMILES string of the molecule is Cc1cc2c(F)c(OP(=O)(N[C@@H](C)C(=O)OC(C)C)OC[C@H]3O[C@@H](n4ccc(=O)[nH]c4=O)C(C)(F)[C@@H]3O)ccc2n1C. The lowest BCUT2D eigenvalue weighted by atomic mass is 9.98. The zero-order valence-electron chi connectivity index (χ0n) is 23.8. The van der Waals surface area contributed by atoms with Crippen LogP contribution in [0.4, 0.5) is 8.78 Å². The number of aliphatic hydroxyl groups is 1. The molecule has 42 heavy (non-hydrogen) atoms. The van der Waals surface area contributed by atoms with Gasteiger partial charge in [0.15, 0.2) is 23.5 Å². The summed E-state index contributed by atoms with van der Waals surface area (Å²) in [6.07, 6.45) is -4.61. The van der Waals surface area contributed by atoms with Gasteiger partial charge < -0.3 is 23.7 Å². The molecule has 0 radical (unpaired) electrons. The first-order valence-corrected chi connectivity index (χ1v) is 14.6. The van der Waals surface area contributed by atoms with Crippen molar-refractivity contribution in [2.75, 3.05) is 6.61 Å². The highest BCUT2D eigenvalue weighted by molar-refractivity contribution is 7.52. The molecular weight excluding hydrogens is 581 g/mol. The summed E-state index contributed by atoms with van der Waals surface area (Å²) in [6, 6.07) is 4.07. The van der Waals surface area contributed by atoms with Crippen LogP contribution in [-0.4, -0.2) is 61.8 Å². The highest BCUT2D eigenvalue weighted by Gasteiger charge is 2.56. The lowest BCUT2D eigenvalue weighted by molar-refractivity contribution is -0.149. The Hall–Kier alpha value is -3.36. The van der Waals surface area contributed by atoms with Gasteiger partial charge in [0, 0.05) is 30.4 Å². The molecule has 16 heteroatoms. The molecule has 1 fully saturated rings. The van der Waals surface area contributed by atoms with Crippen LogP contribution in [0.1, 0.15) is 39.6 Å². The second kappa shape index (κ2) is 11.7. The quantitative estimate of drug-likeness (QED) is 0.229. The molecule has 2 aromatic heterocycles. The number of carbonyl (C=O) groups is 1. The average Bonchev–Trinajstić information content (AvgIpc) is 3.31. The van der Waals surface area contributed by atoms with Gasteiger partial charge in [-0.1, -0.05) is 0 Å². The van der Waals surface area contributed by atoms with Crippen LogP contribution >= 0.6 is 7.75 Å². The molecule has 0 amide bonds. The van der Waals surface area contributed by atoms with E-state index in [0.717, 1.165) is 29.4 Å². The van der Waals surface area contributed by atoms with E-state index in [4.69, 9.17) is 18.5 Å². The predicted octanol–water partition coefficient (Wildman–Crippen LogP) is 2.60. The lowest BCUT2D eigenvalue weighted by Gasteiger charge is -2.25. The number of alkyl halides is 1. The van der Waals surface area contributed by atoms with E-state index >= 15 is 8.78 Å². The molecule has 3 aromatic rings. The third-order valence-corrected chi connectivity index (χ3v) is 8.50. The molecular formula is C26H33F2N4O9P. The van der Waals surface area contributed by atoms with Crippen molar-refractivity contribution >= 4 is 24.6 Å². The second-order valence-electron chi connectivity index (χ2n) is 10.5. The van der Waals surface area contributed by atoms with Crippen LogP contribution in [0.5, 0.6) is 5.75 Å². The topological polar surface area (TPSA) is 163 Å². The third kappa shape index (κ3) is 6.20. The Morgan fingerprint density at radius 1 is 1.29 bits per heavy atom. The maximum atomic E-state index is 15.6. The molecule has 3 heterocycles. The number of rotatable bonds is 10. The maximum absolute atomic E-state index is 15.6.